The fourth-order valence-corrected chi connectivity index (χ4v) is 4.61. The number of carbonyl (C=O) groups is 1. The van der Waals surface area contributed by atoms with Gasteiger partial charge >= 0.3 is 0 Å². The highest BCUT2D eigenvalue weighted by molar-refractivity contribution is 8.00. The SMILES string of the molecule is CC(NC(=O)CSc1nnc(-c2ccccc2)c2ccccc12)c1ccc2c(c1)OCCO2. The van der Waals surface area contributed by atoms with Crippen LogP contribution in [-0.4, -0.2) is 35.1 Å². The van der Waals surface area contributed by atoms with Crippen molar-refractivity contribution in [2.24, 2.45) is 0 Å². The van der Waals surface area contributed by atoms with Gasteiger partial charge in [-0.05, 0) is 24.6 Å². The first-order chi connectivity index (χ1) is 16.2. The third kappa shape index (κ3) is 4.64. The summed E-state index contributed by atoms with van der Waals surface area (Å²) in [5, 5.41) is 14.7. The average Bonchev–Trinajstić information content (AvgIpc) is 2.87. The molecular formula is C26H23N3O3S. The Kier molecular flexibility index (Phi) is 6.13. The van der Waals surface area contributed by atoms with E-state index in [-0.39, 0.29) is 17.7 Å². The molecule has 0 saturated carbocycles. The molecule has 0 bridgehead atoms. The second-order valence-corrected chi connectivity index (χ2v) is 8.71. The van der Waals surface area contributed by atoms with Gasteiger partial charge in [-0.25, -0.2) is 0 Å². The number of amides is 1. The van der Waals surface area contributed by atoms with Gasteiger partial charge in [0.15, 0.2) is 11.5 Å². The van der Waals surface area contributed by atoms with Crippen molar-refractivity contribution >= 4 is 28.4 Å². The largest absolute Gasteiger partial charge is 0.486 e. The summed E-state index contributed by atoms with van der Waals surface area (Å²) in [6, 6.07) is 23.6. The topological polar surface area (TPSA) is 73.3 Å². The molecule has 6 nitrogen and oxygen atoms in total. The van der Waals surface area contributed by atoms with Crippen molar-refractivity contribution in [3.8, 4) is 22.8 Å². The molecular weight excluding hydrogens is 434 g/mol. The van der Waals surface area contributed by atoms with E-state index in [0.717, 1.165) is 44.1 Å². The molecule has 5 rings (SSSR count). The van der Waals surface area contributed by atoms with Gasteiger partial charge in [-0.15, -0.1) is 10.2 Å². The Morgan fingerprint density at radius 3 is 2.48 bits per heavy atom. The van der Waals surface area contributed by atoms with E-state index < -0.39 is 0 Å². The molecule has 0 radical (unpaired) electrons. The van der Waals surface area contributed by atoms with E-state index in [2.05, 4.69) is 15.5 Å². The summed E-state index contributed by atoms with van der Waals surface area (Å²) in [5.41, 5.74) is 2.83. The van der Waals surface area contributed by atoms with Crippen molar-refractivity contribution in [3.05, 3.63) is 78.4 Å². The predicted octanol–water partition coefficient (Wildman–Crippen LogP) is 5.04. The number of ether oxygens (including phenoxy) is 2. The summed E-state index contributed by atoms with van der Waals surface area (Å²) in [6.45, 7) is 3.05. The smallest absolute Gasteiger partial charge is 0.230 e. The van der Waals surface area contributed by atoms with Crippen LogP contribution in [0.15, 0.2) is 77.8 Å². The second-order valence-electron chi connectivity index (χ2n) is 7.75. The fraction of sp³-hybridized carbons (Fsp3) is 0.192. The quantitative estimate of drug-likeness (QED) is 0.409. The highest BCUT2D eigenvalue weighted by Gasteiger charge is 2.17. The first-order valence-electron chi connectivity index (χ1n) is 10.8. The molecule has 4 aromatic rings. The molecule has 2 heterocycles. The molecule has 0 aliphatic carbocycles. The minimum absolute atomic E-state index is 0.0691. The van der Waals surface area contributed by atoms with E-state index in [9.17, 15) is 4.79 Å². The van der Waals surface area contributed by atoms with Crippen molar-refractivity contribution in [2.45, 2.75) is 18.0 Å². The Morgan fingerprint density at radius 2 is 1.67 bits per heavy atom. The Bertz CT molecular complexity index is 1300. The van der Waals surface area contributed by atoms with Crippen LogP contribution in [0.4, 0.5) is 0 Å². The van der Waals surface area contributed by atoms with Gasteiger partial charge in [0.05, 0.1) is 11.8 Å². The number of nitrogens with one attached hydrogen (secondary N) is 1. The van der Waals surface area contributed by atoms with Gasteiger partial charge in [-0.2, -0.15) is 0 Å². The molecule has 1 N–H and O–H groups in total. The minimum atomic E-state index is -0.155. The zero-order valence-electron chi connectivity index (χ0n) is 18.2. The lowest BCUT2D eigenvalue weighted by Crippen LogP contribution is -2.28. The van der Waals surface area contributed by atoms with Gasteiger partial charge in [0.25, 0.3) is 0 Å². The fourth-order valence-electron chi connectivity index (χ4n) is 3.82. The molecule has 1 aliphatic heterocycles. The monoisotopic (exact) mass is 457 g/mol. The Hall–Kier alpha value is -3.58. The number of nitrogens with zero attached hydrogens (tertiary/aromatic N) is 2. The number of hydrogen-bond donors (Lipinski definition) is 1. The van der Waals surface area contributed by atoms with Crippen molar-refractivity contribution < 1.29 is 14.3 Å². The number of fused-ring (bicyclic) bond motifs is 2. The Labute approximate surface area is 196 Å². The summed E-state index contributed by atoms with van der Waals surface area (Å²) in [7, 11) is 0. The van der Waals surface area contributed by atoms with Crippen LogP contribution < -0.4 is 14.8 Å². The molecule has 1 amide bonds. The van der Waals surface area contributed by atoms with Crippen LogP contribution in [0.3, 0.4) is 0 Å². The molecule has 1 unspecified atom stereocenters. The van der Waals surface area contributed by atoms with Gasteiger partial charge in [0.1, 0.15) is 23.9 Å². The van der Waals surface area contributed by atoms with Crippen LogP contribution in [0.1, 0.15) is 18.5 Å². The van der Waals surface area contributed by atoms with Crippen molar-refractivity contribution in [1.82, 2.24) is 15.5 Å². The Morgan fingerprint density at radius 1 is 0.939 bits per heavy atom. The maximum Gasteiger partial charge on any atom is 0.230 e. The molecule has 3 aromatic carbocycles. The van der Waals surface area contributed by atoms with Crippen molar-refractivity contribution in [1.29, 1.82) is 0 Å². The van der Waals surface area contributed by atoms with Gasteiger partial charge in [0, 0.05) is 16.3 Å². The minimum Gasteiger partial charge on any atom is -0.486 e. The van der Waals surface area contributed by atoms with Gasteiger partial charge in [0.2, 0.25) is 5.91 Å². The van der Waals surface area contributed by atoms with Gasteiger partial charge < -0.3 is 14.8 Å². The molecule has 1 atom stereocenters. The zero-order valence-corrected chi connectivity index (χ0v) is 19.0. The van der Waals surface area contributed by atoms with Crippen molar-refractivity contribution in [2.75, 3.05) is 19.0 Å². The molecule has 1 aliphatic rings. The molecule has 0 fully saturated rings. The standard InChI is InChI=1S/C26H23N3O3S/c1-17(19-11-12-22-23(15-19)32-14-13-31-22)27-24(30)16-33-26-21-10-6-5-9-20(21)25(28-29-26)18-7-3-2-4-8-18/h2-12,15,17H,13-14,16H2,1H3,(H,27,30). The van der Waals surface area contributed by atoms with Crippen LogP contribution >= 0.6 is 11.8 Å². The van der Waals surface area contributed by atoms with Gasteiger partial charge in [-0.1, -0.05) is 72.4 Å². The van der Waals surface area contributed by atoms with Crippen LogP contribution in [0.2, 0.25) is 0 Å². The highest BCUT2D eigenvalue weighted by atomic mass is 32.2. The van der Waals surface area contributed by atoms with Gasteiger partial charge in [-0.3, -0.25) is 4.79 Å². The molecule has 166 valence electrons. The van der Waals surface area contributed by atoms with Crippen LogP contribution in [0.25, 0.3) is 22.0 Å². The number of thioether (sulfide) groups is 1. The van der Waals surface area contributed by atoms with E-state index in [0.29, 0.717) is 13.2 Å². The van der Waals surface area contributed by atoms with E-state index >= 15 is 0 Å². The molecule has 0 saturated heterocycles. The average molecular weight is 458 g/mol. The lowest BCUT2D eigenvalue weighted by atomic mass is 10.1. The van der Waals surface area contributed by atoms with Crippen LogP contribution in [0, 0.1) is 0 Å². The normalized spacial score (nSPS) is 13.5. The molecule has 33 heavy (non-hydrogen) atoms. The summed E-state index contributed by atoms with van der Waals surface area (Å²) in [5.74, 6) is 1.64. The van der Waals surface area contributed by atoms with E-state index in [1.54, 1.807) is 0 Å². The highest BCUT2D eigenvalue weighted by Crippen LogP contribution is 2.33. The van der Waals surface area contributed by atoms with Crippen molar-refractivity contribution in [3.63, 3.8) is 0 Å². The molecule has 0 spiro atoms. The van der Waals surface area contributed by atoms with Crippen LogP contribution in [-0.2, 0) is 4.79 Å². The second kappa shape index (κ2) is 9.50. The third-order valence-electron chi connectivity index (χ3n) is 5.48. The number of benzene rings is 3. The number of carbonyl (C=O) groups excluding carboxylic acids is 1. The summed E-state index contributed by atoms with van der Waals surface area (Å²) in [4.78, 5) is 12.7. The maximum absolute atomic E-state index is 12.7. The maximum atomic E-state index is 12.7. The van der Waals surface area contributed by atoms with E-state index in [1.165, 1.54) is 11.8 Å². The van der Waals surface area contributed by atoms with Crippen LogP contribution in [0.5, 0.6) is 11.5 Å². The third-order valence-corrected chi connectivity index (χ3v) is 6.47. The lowest BCUT2D eigenvalue weighted by molar-refractivity contribution is -0.119. The first-order valence-corrected chi connectivity index (χ1v) is 11.8. The van der Waals surface area contributed by atoms with E-state index in [1.807, 2.05) is 79.7 Å². The molecule has 7 heteroatoms. The lowest BCUT2D eigenvalue weighted by Gasteiger charge is -2.21. The summed E-state index contributed by atoms with van der Waals surface area (Å²) >= 11 is 1.39. The summed E-state index contributed by atoms with van der Waals surface area (Å²) < 4.78 is 11.2. The Balaban J connectivity index is 1.28. The molecule has 1 aromatic heterocycles. The number of aromatic nitrogens is 2. The summed E-state index contributed by atoms with van der Waals surface area (Å²) in [6.07, 6.45) is 0. The first kappa shape index (κ1) is 21.3. The number of rotatable bonds is 6. The zero-order chi connectivity index (χ0) is 22.6. The number of hydrogen-bond acceptors (Lipinski definition) is 6. The predicted molar refractivity (Wildman–Crippen MR) is 130 cm³/mol. The van der Waals surface area contributed by atoms with E-state index in [4.69, 9.17) is 9.47 Å².